The SMILES string of the molecule is CCCCCCCCCCCCC(=O)O[C@H]1C[C@H](n2cnc3c(=O)[nH]c(N)nc32)O[C@@H]1COP(=O)(OCCCCCCCCCC)OCCCCCCCCCC. The Hall–Kier alpha value is -2.31. The van der Waals surface area contributed by atoms with Crippen LogP contribution in [0, 0.1) is 0 Å². The number of hydrogen-bond donors (Lipinski definition) is 2. The van der Waals surface area contributed by atoms with Crippen LogP contribution < -0.4 is 11.3 Å². The van der Waals surface area contributed by atoms with Crippen molar-refractivity contribution < 1.29 is 32.4 Å². The van der Waals surface area contributed by atoms with E-state index in [9.17, 15) is 14.2 Å². The fourth-order valence-corrected chi connectivity index (χ4v) is 8.64. The molecule has 13 nitrogen and oxygen atoms in total. The second kappa shape index (κ2) is 29.8. The fourth-order valence-electron chi connectivity index (χ4n) is 7.38. The number of nitrogens with zero attached hydrogens (tertiary/aromatic N) is 3. The molecular formula is C43H78N5O8P. The molecule has 0 amide bonds. The standard InChI is InChI=1S/C43H78N5O8P/c1-4-7-10-13-16-19-20-21-24-27-30-39(49)56-36-33-38(48-35-45-40-41(48)46-43(44)47-42(40)50)55-37(36)34-54-57(51,52-31-28-25-22-17-14-11-8-5-2)53-32-29-26-23-18-15-12-9-6-3/h35-38H,4-34H2,1-3H3,(H3,44,46,47,50)/t36-,37+,38+/m0/s1. The summed E-state index contributed by atoms with van der Waals surface area (Å²) in [6.07, 6.45) is 29.6. The summed E-state index contributed by atoms with van der Waals surface area (Å²) in [5, 5.41) is 0. The van der Waals surface area contributed by atoms with Gasteiger partial charge in [-0.3, -0.25) is 32.7 Å². The number of nitrogens with two attached hydrogens (primary N) is 1. The van der Waals surface area contributed by atoms with Crippen LogP contribution in [0.5, 0.6) is 0 Å². The van der Waals surface area contributed by atoms with Crippen LogP contribution >= 0.6 is 7.82 Å². The molecule has 0 aromatic carbocycles. The normalized spacial score (nSPS) is 17.2. The van der Waals surface area contributed by atoms with E-state index in [1.54, 1.807) is 4.57 Å². The molecule has 1 saturated heterocycles. The van der Waals surface area contributed by atoms with Crippen molar-refractivity contribution in [1.29, 1.82) is 0 Å². The number of nitrogens with one attached hydrogen (secondary N) is 1. The van der Waals surface area contributed by atoms with Gasteiger partial charge in [0.15, 0.2) is 11.2 Å². The molecule has 3 atom stereocenters. The van der Waals surface area contributed by atoms with Crippen molar-refractivity contribution in [3.05, 3.63) is 16.7 Å². The number of aromatic amines is 1. The highest BCUT2D eigenvalue weighted by Crippen LogP contribution is 2.50. The Kier molecular flexibility index (Phi) is 25.7. The monoisotopic (exact) mass is 824 g/mol. The van der Waals surface area contributed by atoms with E-state index in [4.69, 9.17) is 28.8 Å². The Morgan fingerprint density at radius 1 is 0.754 bits per heavy atom. The number of anilines is 1. The van der Waals surface area contributed by atoms with E-state index in [1.807, 2.05) is 0 Å². The highest BCUT2D eigenvalue weighted by molar-refractivity contribution is 7.48. The zero-order chi connectivity index (χ0) is 41.0. The maximum Gasteiger partial charge on any atom is 0.474 e. The van der Waals surface area contributed by atoms with Crippen LogP contribution in [-0.2, 0) is 32.4 Å². The Labute approximate surface area is 343 Å². The summed E-state index contributed by atoms with van der Waals surface area (Å²) >= 11 is 0. The Morgan fingerprint density at radius 2 is 1.23 bits per heavy atom. The van der Waals surface area contributed by atoms with E-state index in [2.05, 4.69) is 35.7 Å². The third-order valence-electron chi connectivity index (χ3n) is 10.9. The predicted octanol–water partition coefficient (Wildman–Crippen LogP) is 11.7. The fraction of sp³-hybridized carbons (Fsp3) is 0.860. The van der Waals surface area contributed by atoms with Gasteiger partial charge >= 0.3 is 13.8 Å². The maximum absolute atomic E-state index is 14.1. The molecule has 2 aromatic rings. The summed E-state index contributed by atoms with van der Waals surface area (Å²) in [6.45, 7) is 7.02. The summed E-state index contributed by atoms with van der Waals surface area (Å²) in [6, 6.07) is 0. The van der Waals surface area contributed by atoms with Crippen LogP contribution in [0.15, 0.2) is 11.1 Å². The molecule has 2 aromatic heterocycles. The van der Waals surface area contributed by atoms with Gasteiger partial charge in [0.25, 0.3) is 5.56 Å². The lowest BCUT2D eigenvalue weighted by Crippen LogP contribution is -2.31. The quantitative estimate of drug-likeness (QED) is 0.0381. The number of phosphoric acid groups is 1. The van der Waals surface area contributed by atoms with Crippen LogP contribution in [-0.4, -0.2) is 57.5 Å². The molecule has 0 spiro atoms. The lowest BCUT2D eigenvalue weighted by Gasteiger charge is -2.23. The molecule has 1 fully saturated rings. The lowest BCUT2D eigenvalue weighted by molar-refractivity contribution is -0.153. The minimum absolute atomic E-state index is 0.0465. The van der Waals surface area contributed by atoms with Crippen LogP contribution in [0.1, 0.15) is 207 Å². The average Bonchev–Trinajstić information content (AvgIpc) is 3.80. The van der Waals surface area contributed by atoms with Gasteiger partial charge in [-0.15, -0.1) is 0 Å². The molecule has 0 unspecified atom stereocenters. The van der Waals surface area contributed by atoms with Crippen LogP contribution in [0.25, 0.3) is 11.2 Å². The predicted molar refractivity (Wildman–Crippen MR) is 228 cm³/mol. The molecule has 328 valence electrons. The van der Waals surface area contributed by atoms with Gasteiger partial charge < -0.3 is 15.2 Å². The molecule has 1 aliphatic rings. The van der Waals surface area contributed by atoms with Crippen LogP contribution in [0.3, 0.4) is 0 Å². The number of carbonyl (C=O) groups is 1. The molecule has 0 bridgehead atoms. The number of unbranched alkanes of at least 4 members (excludes halogenated alkanes) is 23. The van der Waals surface area contributed by atoms with Gasteiger partial charge in [-0.1, -0.05) is 168 Å². The van der Waals surface area contributed by atoms with E-state index in [0.29, 0.717) is 6.42 Å². The average molecular weight is 824 g/mol. The number of ether oxygens (including phenoxy) is 2. The summed E-state index contributed by atoms with van der Waals surface area (Å²) in [4.78, 5) is 36.7. The number of rotatable bonds is 36. The second-order valence-corrected chi connectivity index (χ2v) is 17.6. The molecule has 0 radical (unpaired) electrons. The summed E-state index contributed by atoms with van der Waals surface area (Å²) in [5.74, 6) is -0.363. The molecule has 1 aliphatic heterocycles. The Morgan fingerprint density at radius 3 is 1.74 bits per heavy atom. The Balaban J connectivity index is 1.60. The third kappa shape index (κ3) is 20.0. The van der Waals surface area contributed by atoms with Crippen molar-refractivity contribution in [1.82, 2.24) is 19.5 Å². The number of nitrogen functional groups attached to an aromatic ring is 1. The summed E-state index contributed by atoms with van der Waals surface area (Å²) < 4.78 is 45.9. The lowest BCUT2D eigenvalue weighted by atomic mass is 10.1. The summed E-state index contributed by atoms with van der Waals surface area (Å²) in [7, 11) is -3.96. The highest BCUT2D eigenvalue weighted by atomic mass is 31.2. The number of H-pyrrole nitrogens is 1. The van der Waals surface area contributed by atoms with Gasteiger partial charge in [-0.2, -0.15) is 4.98 Å². The second-order valence-electron chi connectivity index (χ2n) is 16.0. The van der Waals surface area contributed by atoms with E-state index >= 15 is 0 Å². The van der Waals surface area contributed by atoms with E-state index in [0.717, 1.165) is 57.8 Å². The number of aromatic nitrogens is 4. The van der Waals surface area contributed by atoms with Crippen molar-refractivity contribution in [2.24, 2.45) is 0 Å². The Bertz CT molecular complexity index is 1430. The van der Waals surface area contributed by atoms with E-state index in [1.165, 1.54) is 115 Å². The topological polar surface area (TPSA) is 170 Å². The first-order valence-corrected chi connectivity index (χ1v) is 24.4. The maximum atomic E-state index is 14.1. The molecular weight excluding hydrogens is 745 g/mol. The first-order chi connectivity index (χ1) is 27.8. The third-order valence-corrected chi connectivity index (χ3v) is 12.3. The minimum Gasteiger partial charge on any atom is -0.459 e. The van der Waals surface area contributed by atoms with Gasteiger partial charge in [0.2, 0.25) is 5.95 Å². The van der Waals surface area contributed by atoms with Gasteiger partial charge in [0.1, 0.15) is 18.4 Å². The zero-order valence-corrected chi connectivity index (χ0v) is 36.8. The number of esters is 1. The van der Waals surface area contributed by atoms with E-state index < -0.39 is 31.8 Å². The summed E-state index contributed by atoms with van der Waals surface area (Å²) in [5.41, 5.74) is 5.78. The minimum atomic E-state index is -3.96. The molecule has 0 saturated carbocycles. The largest absolute Gasteiger partial charge is 0.474 e. The van der Waals surface area contributed by atoms with Crippen LogP contribution in [0.4, 0.5) is 5.95 Å². The number of fused-ring (bicyclic) bond motifs is 1. The van der Waals surface area contributed by atoms with Crippen molar-refractivity contribution >= 4 is 30.9 Å². The van der Waals surface area contributed by atoms with Gasteiger partial charge in [0, 0.05) is 12.8 Å². The number of carbonyl (C=O) groups excluding carboxylic acids is 1. The molecule has 14 heteroatoms. The van der Waals surface area contributed by atoms with Gasteiger partial charge in [-0.25, -0.2) is 9.55 Å². The van der Waals surface area contributed by atoms with Crippen LogP contribution in [0.2, 0.25) is 0 Å². The first kappa shape index (κ1) is 49.1. The van der Waals surface area contributed by atoms with Crippen molar-refractivity contribution in [3.63, 3.8) is 0 Å². The molecule has 3 heterocycles. The molecule has 3 rings (SSSR count). The van der Waals surface area contributed by atoms with E-state index in [-0.39, 0.29) is 49.3 Å². The van der Waals surface area contributed by atoms with Crippen molar-refractivity contribution in [2.75, 3.05) is 25.6 Å². The number of imidazole rings is 1. The first-order valence-electron chi connectivity index (χ1n) is 22.9. The molecule has 57 heavy (non-hydrogen) atoms. The van der Waals surface area contributed by atoms with Gasteiger partial charge in [-0.05, 0) is 19.3 Å². The number of phosphoric ester groups is 1. The highest BCUT2D eigenvalue weighted by Gasteiger charge is 2.42. The molecule has 3 N–H and O–H groups in total. The van der Waals surface area contributed by atoms with Gasteiger partial charge in [0.05, 0.1) is 26.1 Å². The molecule has 0 aliphatic carbocycles. The van der Waals surface area contributed by atoms with Crippen molar-refractivity contribution in [2.45, 2.75) is 219 Å². The zero-order valence-electron chi connectivity index (χ0n) is 35.9. The van der Waals surface area contributed by atoms with Crippen molar-refractivity contribution in [3.8, 4) is 0 Å². The smallest absolute Gasteiger partial charge is 0.459 e. The number of hydrogen-bond acceptors (Lipinski definition) is 11.